The predicted molar refractivity (Wildman–Crippen MR) is 47.3 cm³/mol. The van der Waals surface area contributed by atoms with Crippen LogP contribution in [0.3, 0.4) is 0 Å². The fraction of sp³-hybridized carbons (Fsp3) is 0.222. The maximum atomic E-state index is 8.42. The van der Waals surface area contributed by atoms with Crippen LogP contribution in [0.1, 0.15) is 17.8 Å². The molecular weight excluding hydrogens is 164 g/mol. The molecule has 0 aliphatic heterocycles. The maximum Gasteiger partial charge on any atom is 0.232 e. The molecule has 1 aromatic heterocycles. The minimum Gasteiger partial charge on any atom is -0.330 e. The number of nitriles is 1. The molecule has 0 aliphatic rings. The zero-order valence-electron chi connectivity index (χ0n) is 6.99. The second-order valence-corrected chi connectivity index (χ2v) is 2.25. The minimum atomic E-state index is 0.157. The molecular formula is C9H8N4. The van der Waals surface area contributed by atoms with E-state index in [1.807, 2.05) is 6.07 Å². The molecule has 1 rings (SSSR count). The van der Waals surface area contributed by atoms with Gasteiger partial charge in [-0.2, -0.15) is 5.26 Å². The summed E-state index contributed by atoms with van der Waals surface area (Å²) < 4.78 is 0. The SMILES string of the molecule is N#Cc1ncc(C#CCCN)cn1. The highest BCUT2D eigenvalue weighted by atomic mass is 14.9. The molecule has 13 heavy (non-hydrogen) atoms. The molecule has 0 radical (unpaired) electrons. The average Bonchev–Trinajstić information content (AvgIpc) is 2.19. The molecule has 0 unspecified atom stereocenters. The number of nitrogens with two attached hydrogens (primary N) is 1. The third kappa shape index (κ3) is 2.90. The first-order valence-electron chi connectivity index (χ1n) is 3.78. The van der Waals surface area contributed by atoms with Crippen molar-refractivity contribution in [2.24, 2.45) is 5.73 Å². The van der Waals surface area contributed by atoms with Gasteiger partial charge in [-0.15, -0.1) is 0 Å². The molecule has 1 aromatic rings. The van der Waals surface area contributed by atoms with Crippen molar-refractivity contribution in [3.8, 4) is 17.9 Å². The number of hydrogen-bond acceptors (Lipinski definition) is 4. The van der Waals surface area contributed by atoms with Crippen LogP contribution in [-0.4, -0.2) is 16.5 Å². The van der Waals surface area contributed by atoms with Gasteiger partial charge in [0.05, 0.1) is 5.56 Å². The first-order chi connectivity index (χ1) is 6.36. The molecule has 2 N–H and O–H groups in total. The number of aromatic nitrogens is 2. The second-order valence-electron chi connectivity index (χ2n) is 2.25. The van der Waals surface area contributed by atoms with Gasteiger partial charge in [-0.25, -0.2) is 9.97 Å². The van der Waals surface area contributed by atoms with E-state index in [0.29, 0.717) is 18.5 Å². The van der Waals surface area contributed by atoms with Crippen molar-refractivity contribution in [3.63, 3.8) is 0 Å². The van der Waals surface area contributed by atoms with Crippen molar-refractivity contribution in [2.75, 3.05) is 6.54 Å². The van der Waals surface area contributed by atoms with E-state index in [1.165, 1.54) is 12.4 Å². The van der Waals surface area contributed by atoms with Gasteiger partial charge in [0.15, 0.2) is 0 Å². The zero-order chi connectivity index (χ0) is 9.52. The summed E-state index contributed by atoms with van der Waals surface area (Å²) in [5.41, 5.74) is 5.96. The molecule has 0 amide bonds. The van der Waals surface area contributed by atoms with Gasteiger partial charge in [-0.1, -0.05) is 11.8 Å². The maximum absolute atomic E-state index is 8.42. The summed E-state index contributed by atoms with van der Waals surface area (Å²) in [5, 5.41) is 8.42. The standard InChI is InChI=1S/C9H8N4/c10-4-2-1-3-8-6-12-9(5-11)13-7-8/h6-7H,2,4,10H2. The van der Waals surface area contributed by atoms with Gasteiger partial charge in [-0.3, -0.25) is 0 Å². The Labute approximate surface area is 76.4 Å². The summed E-state index contributed by atoms with van der Waals surface area (Å²) in [5.74, 6) is 5.84. The molecule has 0 aromatic carbocycles. The molecule has 0 saturated carbocycles. The van der Waals surface area contributed by atoms with Crippen LogP contribution in [0.15, 0.2) is 12.4 Å². The Hall–Kier alpha value is -1.91. The molecule has 0 fully saturated rings. The Morgan fingerprint density at radius 3 is 2.62 bits per heavy atom. The molecule has 0 aliphatic carbocycles. The normalized spacial score (nSPS) is 8.31. The zero-order valence-corrected chi connectivity index (χ0v) is 6.99. The fourth-order valence-corrected chi connectivity index (χ4v) is 0.687. The molecule has 1 heterocycles. The van der Waals surface area contributed by atoms with Crippen molar-refractivity contribution >= 4 is 0 Å². The largest absolute Gasteiger partial charge is 0.330 e. The smallest absolute Gasteiger partial charge is 0.232 e. The van der Waals surface area contributed by atoms with Crippen molar-refractivity contribution in [1.29, 1.82) is 5.26 Å². The van der Waals surface area contributed by atoms with Gasteiger partial charge in [0, 0.05) is 25.4 Å². The molecule has 4 nitrogen and oxygen atoms in total. The Kier molecular flexibility index (Phi) is 3.44. The van der Waals surface area contributed by atoms with E-state index >= 15 is 0 Å². The summed E-state index contributed by atoms with van der Waals surface area (Å²) >= 11 is 0. The lowest BCUT2D eigenvalue weighted by atomic mass is 10.3. The Balaban J connectivity index is 2.72. The second kappa shape index (κ2) is 4.87. The molecule has 4 heteroatoms. The summed E-state index contributed by atoms with van der Waals surface area (Å²) in [6.07, 6.45) is 3.70. The topological polar surface area (TPSA) is 75.6 Å². The lowest BCUT2D eigenvalue weighted by Gasteiger charge is -1.87. The quantitative estimate of drug-likeness (QED) is 0.607. The molecule has 64 valence electrons. The number of hydrogen-bond donors (Lipinski definition) is 1. The van der Waals surface area contributed by atoms with Crippen LogP contribution in [0.5, 0.6) is 0 Å². The van der Waals surface area contributed by atoms with E-state index in [4.69, 9.17) is 11.0 Å². The highest BCUT2D eigenvalue weighted by Gasteiger charge is 1.91. The van der Waals surface area contributed by atoms with E-state index in [-0.39, 0.29) is 5.82 Å². The summed E-state index contributed by atoms with van der Waals surface area (Å²) in [4.78, 5) is 7.54. The van der Waals surface area contributed by atoms with Crippen molar-refractivity contribution in [3.05, 3.63) is 23.8 Å². The van der Waals surface area contributed by atoms with Gasteiger partial charge < -0.3 is 5.73 Å². The third-order valence-electron chi connectivity index (χ3n) is 1.25. The minimum absolute atomic E-state index is 0.157. The van der Waals surface area contributed by atoms with Crippen LogP contribution in [0, 0.1) is 23.2 Å². The fourth-order valence-electron chi connectivity index (χ4n) is 0.687. The van der Waals surface area contributed by atoms with E-state index in [0.717, 1.165) is 0 Å². The van der Waals surface area contributed by atoms with Crippen molar-refractivity contribution in [2.45, 2.75) is 6.42 Å². The van der Waals surface area contributed by atoms with Crippen LogP contribution in [-0.2, 0) is 0 Å². The van der Waals surface area contributed by atoms with Gasteiger partial charge in [0.25, 0.3) is 0 Å². The monoisotopic (exact) mass is 172 g/mol. The molecule has 0 saturated heterocycles. The lowest BCUT2D eigenvalue weighted by molar-refractivity contribution is 1.03. The molecule has 0 spiro atoms. The van der Waals surface area contributed by atoms with Crippen LogP contribution in [0.4, 0.5) is 0 Å². The van der Waals surface area contributed by atoms with Crippen molar-refractivity contribution < 1.29 is 0 Å². The van der Waals surface area contributed by atoms with Gasteiger partial charge in [0.2, 0.25) is 5.82 Å². The Morgan fingerprint density at radius 1 is 1.38 bits per heavy atom. The van der Waals surface area contributed by atoms with E-state index in [2.05, 4.69) is 21.8 Å². The van der Waals surface area contributed by atoms with E-state index in [1.54, 1.807) is 0 Å². The van der Waals surface area contributed by atoms with Crippen LogP contribution in [0.2, 0.25) is 0 Å². The van der Waals surface area contributed by atoms with E-state index in [9.17, 15) is 0 Å². The molecule has 0 bridgehead atoms. The van der Waals surface area contributed by atoms with Crippen LogP contribution < -0.4 is 5.73 Å². The first kappa shape index (κ1) is 9.18. The van der Waals surface area contributed by atoms with Crippen molar-refractivity contribution in [1.82, 2.24) is 9.97 Å². The highest BCUT2D eigenvalue weighted by molar-refractivity contribution is 5.30. The van der Waals surface area contributed by atoms with E-state index < -0.39 is 0 Å². The molecule has 0 atom stereocenters. The Morgan fingerprint density at radius 2 is 2.08 bits per heavy atom. The average molecular weight is 172 g/mol. The predicted octanol–water partition coefficient (Wildman–Crippen LogP) is 0.0486. The van der Waals surface area contributed by atoms with Gasteiger partial charge in [-0.05, 0) is 0 Å². The highest BCUT2D eigenvalue weighted by Crippen LogP contribution is 1.92. The van der Waals surface area contributed by atoms with Gasteiger partial charge in [0.1, 0.15) is 6.07 Å². The summed E-state index contributed by atoms with van der Waals surface area (Å²) in [6, 6.07) is 1.83. The number of nitrogens with zero attached hydrogens (tertiary/aromatic N) is 3. The number of rotatable bonds is 1. The summed E-state index contributed by atoms with van der Waals surface area (Å²) in [6.45, 7) is 0.546. The first-order valence-corrected chi connectivity index (χ1v) is 3.78. The lowest BCUT2D eigenvalue weighted by Crippen LogP contribution is -1.95. The van der Waals surface area contributed by atoms with Crippen LogP contribution in [0.25, 0.3) is 0 Å². The van der Waals surface area contributed by atoms with Crippen LogP contribution >= 0.6 is 0 Å². The Bertz CT molecular complexity index is 363. The third-order valence-corrected chi connectivity index (χ3v) is 1.25. The van der Waals surface area contributed by atoms with Gasteiger partial charge >= 0.3 is 0 Å². The summed E-state index contributed by atoms with van der Waals surface area (Å²) in [7, 11) is 0.